The van der Waals surface area contributed by atoms with Crippen LogP contribution in [-0.2, 0) is 10.5 Å². The van der Waals surface area contributed by atoms with Gasteiger partial charge in [0, 0.05) is 5.75 Å². The lowest BCUT2D eigenvalue weighted by atomic mass is 10.3. The molecule has 0 atom stereocenters. The number of pyridine rings is 1. The van der Waals surface area contributed by atoms with Gasteiger partial charge >= 0.3 is 0 Å². The number of rotatable bonds is 4. The molecule has 16 heavy (non-hydrogen) atoms. The zero-order valence-electron chi connectivity index (χ0n) is 8.68. The zero-order valence-corrected chi connectivity index (χ0v) is 9.50. The van der Waals surface area contributed by atoms with Crippen LogP contribution in [0.3, 0.4) is 0 Å². The number of carbonyl (C=O) groups is 1. The minimum absolute atomic E-state index is 0.352. The largest absolute Gasteiger partial charge is 0.379 e. The van der Waals surface area contributed by atoms with Gasteiger partial charge in [0.2, 0.25) is 0 Å². The quantitative estimate of drug-likeness (QED) is 0.449. The Hall–Kier alpha value is -1.11. The van der Waals surface area contributed by atoms with E-state index in [9.17, 15) is 4.79 Å². The molecule has 0 aromatic carbocycles. The summed E-state index contributed by atoms with van der Waals surface area (Å²) in [5.41, 5.74) is 3.31. The van der Waals surface area contributed by atoms with Crippen LogP contribution in [0.1, 0.15) is 16.2 Å². The SMILES string of the molecule is NNC(=O)c1cccc(CSC2COC2)n1. The molecule has 0 aliphatic carbocycles. The van der Waals surface area contributed by atoms with Crippen LogP contribution in [0.25, 0.3) is 0 Å². The van der Waals surface area contributed by atoms with Crippen LogP contribution in [0.2, 0.25) is 0 Å². The van der Waals surface area contributed by atoms with Crippen molar-refractivity contribution < 1.29 is 9.53 Å². The Morgan fingerprint density at radius 3 is 3.06 bits per heavy atom. The van der Waals surface area contributed by atoms with Gasteiger partial charge in [-0.25, -0.2) is 10.8 Å². The van der Waals surface area contributed by atoms with E-state index in [-0.39, 0.29) is 5.91 Å². The average molecular weight is 239 g/mol. The highest BCUT2D eigenvalue weighted by Crippen LogP contribution is 2.22. The van der Waals surface area contributed by atoms with Gasteiger partial charge in [-0.15, -0.1) is 11.8 Å². The van der Waals surface area contributed by atoms with Crippen molar-refractivity contribution in [1.29, 1.82) is 0 Å². The molecule has 2 rings (SSSR count). The highest BCUT2D eigenvalue weighted by molar-refractivity contribution is 7.99. The van der Waals surface area contributed by atoms with Crippen molar-refractivity contribution in [3.8, 4) is 0 Å². The van der Waals surface area contributed by atoms with Gasteiger partial charge in [0.15, 0.2) is 0 Å². The van der Waals surface area contributed by atoms with Crippen LogP contribution >= 0.6 is 11.8 Å². The molecule has 0 radical (unpaired) electrons. The van der Waals surface area contributed by atoms with E-state index < -0.39 is 0 Å². The predicted octanol–water partition coefficient (Wildman–Crippen LogP) is 0.317. The fourth-order valence-corrected chi connectivity index (χ4v) is 2.23. The maximum atomic E-state index is 11.2. The maximum Gasteiger partial charge on any atom is 0.283 e. The molecule has 1 saturated heterocycles. The summed E-state index contributed by atoms with van der Waals surface area (Å²) in [6.07, 6.45) is 0. The molecule has 0 unspecified atom stereocenters. The fraction of sp³-hybridized carbons (Fsp3) is 0.400. The van der Waals surface area contributed by atoms with Crippen LogP contribution in [0.4, 0.5) is 0 Å². The molecule has 5 nitrogen and oxygen atoms in total. The molecular formula is C10H13N3O2S. The van der Waals surface area contributed by atoms with Gasteiger partial charge in [0.05, 0.1) is 24.2 Å². The summed E-state index contributed by atoms with van der Waals surface area (Å²) < 4.78 is 5.08. The molecular weight excluding hydrogens is 226 g/mol. The standard InChI is InChI=1S/C10H13N3O2S/c11-13-10(14)9-3-1-2-7(12-9)6-16-8-4-15-5-8/h1-3,8H,4-6,11H2,(H,13,14). The number of thioether (sulfide) groups is 1. The Balaban J connectivity index is 1.95. The van der Waals surface area contributed by atoms with E-state index in [1.165, 1.54) is 0 Å². The fourth-order valence-electron chi connectivity index (χ4n) is 1.27. The number of hydrogen-bond donors (Lipinski definition) is 2. The number of carbonyl (C=O) groups excluding carboxylic acids is 1. The summed E-state index contributed by atoms with van der Waals surface area (Å²) in [6, 6.07) is 5.35. The monoisotopic (exact) mass is 239 g/mol. The number of nitrogens with zero attached hydrogens (tertiary/aromatic N) is 1. The number of ether oxygens (including phenoxy) is 1. The third-order valence-electron chi connectivity index (χ3n) is 2.24. The average Bonchev–Trinajstić information content (AvgIpc) is 2.26. The van der Waals surface area contributed by atoms with Crippen LogP contribution in [-0.4, -0.2) is 29.4 Å². The number of nitrogen functional groups attached to an aromatic ring is 1. The van der Waals surface area contributed by atoms with Gasteiger partial charge in [-0.2, -0.15) is 0 Å². The second-order valence-electron chi connectivity index (χ2n) is 3.46. The molecule has 86 valence electrons. The Morgan fingerprint density at radius 2 is 2.44 bits per heavy atom. The van der Waals surface area contributed by atoms with Gasteiger partial charge in [-0.1, -0.05) is 6.07 Å². The number of hydrazine groups is 1. The summed E-state index contributed by atoms with van der Waals surface area (Å²) in [4.78, 5) is 15.5. The van der Waals surface area contributed by atoms with Crippen molar-refractivity contribution in [2.45, 2.75) is 11.0 Å². The van der Waals surface area contributed by atoms with Gasteiger partial charge in [-0.05, 0) is 12.1 Å². The van der Waals surface area contributed by atoms with E-state index in [0.29, 0.717) is 10.9 Å². The van der Waals surface area contributed by atoms with Gasteiger partial charge in [0.1, 0.15) is 5.69 Å². The van der Waals surface area contributed by atoms with E-state index in [2.05, 4.69) is 10.4 Å². The van der Waals surface area contributed by atoms with Crippen LogP contribution in [0.15, 0.2) is 18.2 Å². The van der Waals surface area contributed by atoms with Crippen LogP contribution in [0, 0.1) is 0 Å². The molecule has 1 aliphatic heterocycles. The van der Waals surface area contributed by atoms with Crippen LogP contribution in [0.5, 0.6) is 0 Å². The van der Waals surface area contributed by atoms with Crippen molar-refractivity contribution in [1.82, 2.24) is 10.4 Å². The predicted molar refractivity (Wildman–Crippen MR) is 61.8 cm³/mol. The normalized spacial score (nSPS) is 15.6. The molecule has 3 N–H and O–H groups in total. The highest BCUT2D eigenvalue weighted by Gasteiger charge is 2.18. The molecule has 1 amide bonds. The number of hydrogen-bond acceptors (Lipinski definition) is 5. The summed E-state index contributed by atoms with van der Waals surface area (Å²) in [6.45, 7) is 1.63. The molecule has 2 heterocycles. The van der Waals surface area contributed by atoms with Gasteiger partial charge in [0.25, 0.3) is 5.91 Å². The second kappa shape index (κ2) is 5.29. The summed E-state index contributed by atoms with van der Waals surface area (Å²) in [5, 5.41) is 0.564. The lowest BCUT2D eigenvalue weighted by Gasteiger charge is -2.24. The second-order valence-corrected chi connectivity index (χ2v) is 4.75. The van der Waals surface area contributed by atoms with E-state index >= 15 is 0 Å². The smallest absolute Gasteiger partial charge is 0.283 e. The number of aromatic nitrogens is 1. The molecule has 1 aromatic heterocycles. The minimum Gasteiger partial charge on any atom is -0.379 e. The first-order chi connectivity index (χ1) is 7.79. The van der Waals surface area contributed by atoms with Crippen molar-refractivity contribution >= 4 is 17.7 Å². The first-order valence-corrected chi connectivity index (χ1v) is 6.00. The molecule has 1 aliphatic rings. The van der Waals surface area contributed by atoms with Crippen molar-refractivity contribution in [2.75, 3.05) is 13.2 Å². The lowest BCUT2D eigenvalue weighted by molar-refractivity contribution is 0.0455. The summed E-state index contributed by atoms with van der Waals surface area (Å²) >= 11 is 1.79. The molecule has 1 fully saturated rings. The zero-order chi connectivity index (χ0) is 11.4. The number of nitrogens with two attached hydrogens (primary N) is 1. The topological polar surface area (TPSA) is 77.2 Å². The van der Waals surface area contributed by atoms with E-state index in [1.807, 2.05) is 12.1 Å². The van der Waals surface area contributed by atoms with E-state index in [4.69, 9.17) is 10.6 Å². The van der Waals surface area contributed by atoms with Crippen molar-refractivity contribution in [3.05, 3.63) is 29.6 Å². The molecule has 1 aromatic rings. The first kappa shape index (κ1) is 11.4. The number of nitrogens with one attached hydrogen (secondary N) is 1. The highest BCUT2D eigenvalue weighted by atomic mass is 32.2. The third-order valence-corrected chi connectivity index (χ3v) is 3.45. The van der Waals surface area contributed by atoms with Gasteiger partial charge in [-0.3, -0.25) is 10.2 Å². The van der Waals surface area contributed by atoms with Crippen molar-refractivity contribution in [2.24, 2.45) is 5.84 Å². The molecule has 0 bridgehead atoms. The van der Waals surface area contributed by atoms with Gasteiger partial charge < -0.3 is 4.74 Å². The maximum absolute atomic E-state index is 11.2. The minimum atomic E-state index is -0.362. The summed E-state index contributed by atoms with van der Waals surface area (Å²) in [7, 11) is 0. The van der Waals surface area contributed by atoms with Crippen LogP contribution < -0.4 is 11.3 Å². The Labute approximate surface area is 97.7 Å². The third kappa shape index (κ3) is 2.72. The summed E-state index contributed by atoms with van der Waals surface area (Å²) in [5.74, 6) is 5.47. The Bertz CT molecular complexity index is 382. The molecule has 6 heteroatoms. The van der Waals surface area contributed by atoms with E-state index in [0.717, 1.165) is 24.7 Å². The lowest BCUT2D eigenvalue weighted by Crippen LogP contribution is -2.31. The first-order valence-electron chi connectivity index (χ1n) is 4.96. The van der Waals surface area contributed by atoms with E-state index in [1.54, 1.807) is 17.8 Å². The number of amides is 1. The van der Waals surface area contributed by atoms with Crippen molar-refractivity contribution in [3.63, 3.8) is 0 Å². The molecule has 0 spiro atoms. The Kier molecular flexibility index (Phi) is 3.76. The molecule has 0 saturated carbocycles. The Morgan fingerprint density at radius 1 is 1.62 bits per heavy atom.